The maximum absolute atomic E-state index is 5.91. The van der Waals surface area contributed by atoms with Crippen molar-refractivity contribution in [3.8, 4) is 0 Å². The summed E-state index contributed by atoms with van der Waals surface area (Å²) < 4.78 is 0. The zero-order valence-electron chi connectivity index (χ0n) is 9.26. The van der Waals surface area contributed by atoms with E-state index in [2.05, 4.69) is 13.8 Å². The highest BCUT2D eigenvalue weighted by Crippen LogP contribution is 2.33. The van der Waals surface area contributed by atoms with Crippen LogP contribution in [0.3, 0.4) is 0 Å². The van der Waals surface area contributed by atoms with Crippen molar-refractivity contribution in [3.63, 3.8) is 0 Å². The molecule has 2 N–H and O–H groups in total. The van der Waals surface area contributed by atoms with E-state index >= 15 is 0 Å². The van der Waals surface area contributed by atoms with E-state index in [1.165, 1.54) is 44.9 Å². The van der Waals surface area contributed by atoms with Gasteiger partial charge >= 0.3 is 0 Å². The Morgan fingerprint density at radius 1 is 1.15 bits per heavy atom. The Morgan fingerprint density at radius 2 is 1.77 bits per heavy atom. The van der Waals surface area contributed by atoms with Gasteiger partial charge in [-0.25, -0.2) is 0 Å². The molecule has 13 heavy (non-hydrogen) atoms. The fourth-order valence-corrected chi connectivity index (χ4v) is 2.76. The molecule has 1 rings (SSSR count). The highest BCUT2D eigenvalue weighted by molar-refractivity contribution is 4.78. The maximum atomic E-state index is 5.91. The Bertz CT molecular complexity index is 125. The molecule has 1 saturated carbocycles. The second kappa shape index (κ2) is 5.64. The van der Waals surface area contributed by atoms with Crippen molar-refractivity contribution >= 4 is 0 Å². The van der Waals surface area contributed by atoms with E-state index < -0.39 is 0 Å². The number of rotatable bonds is 4. The van der Waals surface area contributed by atoms with Crippen LogP contribution in [0.2, 0.25) is 0 Å². The van der Waals surface area contributed by atoms with Crippen molar-refractivity contribution in [1.29, 1.82) is 0 Å². The molecule has 1 heteroatoms. The minimum absolute atomic E-state index is 0.510. The summed E-state index contributed by atoms with van der Waals surface area (Å²) in [6.07, 6.45) is 9.46. The van der Waals surface area contributed by atoms with Crippen LogP contribution in [0.4, 0.5) is 0 Å². The van der Waals surface area contributed by atoms with Gasteiger partial charge in [0, 0.05) is 6.04 Å². The van der Waals surface area contributed by atoms with Crippen LogP contribution in [0, 0.1) is 11.8 Å². The van der Waals surface area contributed by atoms with Gasteiger partial charge in [-0.15, -0.1) is 0 Å². The average Bonchev–Trinajstić information content (AvgIpc) is 2.16. The van der Waals surface area contributed by atoms with Crippen molar-refractivity contribution < 1.29 is 0 Å². The minimum Gasteiger partial charge on any atom is -0.328 e. The largest absolute Gasteiger partial charge is 0.328 e. The molecule has 0 aromatic rings. The summed E-state index contributed by atoms with van der Waals surface area (Å²) >= 11 is 0. The van der Waals surface area contributed by atoms with Crippen molar-refractivity contribution in [3.05, 3.63) is 0 Å². The van der Waals surface area contributed by atoms with E-state index in [1.54, 1.807) is 0 Å². The van der Waals surface area contributed by atoms with Crippen LogP contribution in [0.5, 0.6) is 0 Å². The van der Waals surface area contributed by atoms with E-state index in [1.807, 2.05) is 0 Å². The Hall–Kier alpha value is -0.0400. The van der Waals surface area contributed by atoms with E-state index in [-0.39, 0.29) is 0 Å². The van der Waals surface area contributed by atoms with Crippen LogP contribution in [0.15, 0.2) is 0 Å². The van der Waals surface area contributed by atoms with Gasteiger partial charge in [0.25, 0.3) is 0 Å². The van der Waals surface area contributed by atoms with Crippen LogP contribution in [0.1, 0.15) is 58.8 Å². The second-order valence-corrected chi connectivity index (χ2v) is 4.63. The molecule has 1 aliphatic rings. The molecule has 0 radical (unpaired) electrons. The quantitative estimate of drug-likeness (QED) is 0.711. The summed E-state index contributed by atoms with van der Waals surface area (Å²) in [6, 6.07) is 0.510. The summed E-state index contributed by atoms with van der Waals surface area (Å²) in [4.78, 5) is 0. The monoisotopic (exact) mass is 183 g/mol. The number of nitrogens with two attached hydrogens (primary N) is 1. The lowest BCUT2D eigenvalue weighted by Crippen LogP contribution is -2.29. The molecule has 0 aromatic carbocycles. The molecule has 0 heterocycles. The third-order valence-corrected chi connectivity index (χ3v) is 3.67. The van der Waals surface area contributed by atoms with Crippen molar-refractivity contribution in [2.24, 2.45) is 17.6 Å². The molecule has 0 aliphatic heterocycles. The van der Waals surface area contributed by atoms with Crippen LogP contribution >= 0.6 is 0 Å². The Balaban J connectivity index is 2.32. The van der Waals surface area contributed by atoms with E-state index in [0.29, 0.717) is 6.04 Å². The topological polar surface area (TPSA) is 26.0 Å². The lowest BCUT2D eigenvalue weighted by molar-refractivity contribution is 0.216. The van der Waals surface area contributed by atoms with E-state index in [4.69, 9.17) is 5.73 Å². The number of hydrogen-bond acceptors (Lipinski definition) is 1. The lowest BCUT2D eigenvalue weighted by Gasteiger charge is -2.32. The van der Waals surface area contributed by atoms with Gasteiger partial charge in [0.15, 0.2) is 0 Å². The second-order valence-electron chi connectivity index (χ2n) is 4.63. The maximum Gasteiger partial charge on any atom is 0.00390 e. The Labute approximate surface area is 83.1 Å². The molecule has 1 unspecified atom stereocenters. The average molecular weight is 183 g/mol. The molecule has 1 aliphatic carbocycles. The van der Waals surface area contributed by atoms with Gasteiger partial charge in [0.05, 0.1) is 0 Å². The standard InChI is InChI=1S/C12H25N/c1-3-5-10(4-2)11-6-8-12(13)9-7-11/h10-12H,3-9,13H2,1-2H3/t10?,11-,12-. The zero-order chi connectivity index (χ0) is 9.68. The molecular formula is C12H25N. The van der Waals surface area contributed by atoms with Crippen molar-refractivity contribution in [2.75, 3.05) is 0 Å². The molecule has 0 aromatic heterocycles. The lowest BCUT2D eigenvalue weighted by atomic mass is 9.76. The van der Waals surface area contributed by atoms with Gasteiger partial charge in [-0.1, -0.05) is 33.1 Å². The summed E-state index contributed by atoms with van der Waals surface area (Å²) in [6.45, 7) is 4.64. The first-order valence-corrected chi connectivity index (χ1v) is 6.03. The van der Waals surface area contributed by atoms with E-state index in [0.717, 1.165) is 11.8 Å². The first-order chi connectivity index (χ1) is 6.27. The summed E-state index contributed by atoms with van der Waals surface area (Å²) in [5, 5.41) is 0. The fraction of sp³-hybridized carbons (Fsp3) is 1.00. The van der Waals surface area contributed by atoms with E-state index in [9.17, 15) is 0 Å². The molecule has 0 amide bonds. The fourth-order valence-electron chi connectivity index (χ4n) is 2.76. The summed E-state index contributed by atoms with van der Waals surface area (Å²) in [7, 11) is 0. The molecule has 0 bridgehead atoms. The van der Waals surface area contributed by atoms with Crippen LogP contribution in [0.25, 0.3) is 0 Å². The summed E-state index contributed by atoms with van der Waals surface area (Å²) in [5.74, 6) is 1.97. The van der Waals surface area contributed by atoms with Crippen molar-refractivity contribution in [2.45, 2.75) is 64.8 Å². The predicted molar refractivity (Wildman–Crippen MR) is 58.6 cm³/mol. The van der Waals surface area contributed by atoms with Gasteiger partial charge in [0.1, 0.15) is 0 Å². The van der Waals surface area contributed by atoms with Gasteiger partial charge in [-0.05, 0) is 37.5 Å². The highest BCUT2D eigenvalue weighted by Gasteiger charge is 2.24. The first kappa shape index (κ1) is 11.0. The molecule has 1 atom stereocenters. The van der Waals surface area contributed by atoms with Crippen LogP contribution < -0.4 is 5.73 Å². The SMILES string of the molecule is CCCC(CC)[C@H]1CC[C@H](N)CC1. The Kier molecular flexibility index (Phi) is 4.79. The molecule has 1 nitrogen and oxygen atoms in total. The predicted octanol–water partition coefficient (Wildman–Crippen LogP) is 3.33. The Morgan fingerprint density at radius 3 is 2.23 bits per heavy atom. The van der Waals surface area contributed by atoms with Crippen LogP contribution in [-0.4, -0.2) is 6.04 Å². The molecular weight excluding hydrogens is 158 g/mol. The third kappa shape index (κ3) is 3.30. The number of hydrogen-bond donors (Lipinski definition) is 1. The van der Waals surface area contributed by atoms with Gasteiger partial charge in [-0.3, -0.25) is 0 Å². The van der Waals surface area contributed by atoms with Gasteiger partial charge in [-0.2, -0.15) is 0 Å². The van der Waals surface area contributed by atoms with Gasteiger partial charge in [0.2, 0.25) is 0 Å². The van der Waals surface area contributed by atoms with Crippen molar-refractivity contribution in [1.82, 2.24) is 0 Å². The molecule has 0 spiro atoms. The smallest absolute Gasteiger partial charge is 0.00390 e. The molecule has 1 fully saturated rings. The van der Waals surface area contributed by atoms with Crippen LogP contribution in [-0.2, 0) is 0 Å². The van der Waals surface area contributed by atoms with Gasteiger partial charge < -0.3 is 5.73 Å². The zero-order valence-corrected chi connectivity index (χ0v) is 9.26. The molecule has 78 valence electrons. The molecule has 0 saturated heterocycles. The first-order valence-electron chi connectivity index (χ1n) is 6.03. The summed E-state index contributed by atoms with van der Waals surface area (Å²) in [5.41, 5.74) is 5.91. The third-order valence-electron chi connectivity index (χ3n) is 3.67. The highest BCUT2D eigenvalue weighted by atomic mass is 14.6. The normalized spacial score (nSPS) is 31.6. The minimum atomic E-state index is 0.510.